The number of rotatable bonds is 11. The molecule has 3 amide bonds. The van der Waals surface area contributed by atoms with E-state index in [0.717, 1.165) is 5.56 Å². The molecule has 0 radical (unpaired) electrons. The molecule has 0 spiro atoms. The van der Waals surface area contributed by atoms with Crippen molar-refractivity contribution in [2.24, 2.45) is 5.92 Å². The number of carbonyl (C=O) groups is 3. The van der Waals surface area contributed by atoms with Crippen LogP contribution in [0, 0.1) is 5.92 Å². The van der Waals surface area contributed by atoms with Crippen molar-refractivity contribution in [3.63, 3.8) is 0 Å². The summed E-state index contributed by atoms with van der Waals surface area (Å²) >= 11 is 0. The van der Waals surface area contributed by atoms with Crippen LogP contribution in [0.25, 0.3) is 0 Å². The lowest BCUT2D eigenvalue weighted by Crippen LogP contribution is -2.55. The van der Waals surface area contributed by atoms with Crippen LogP contribution < -0.4 is 16.0 Å². The Morgan fingerprint density at radius 2 is 1.67 bits per heavy atom. The number of hydrogen-bond acceptors (Lipinski definition) is 8. The molecular formula is C24H28N3O8S-. The van der Waals surface area contributed by atoms with E-state index in [1.54, 1.807) is 54.6 Å². The molecule has 1 unspecified atom stereocenters. The van der Waals surface area contributed by atoms with Gasteiger partial charge in [0.15, 0.2) is 5.44 Å². The molecule has 2 aromatic rings. The molecule has 0 aromatic heterocycles. The van der Waals surface area contributed by atoms with E-state index >= 15 is 0 Å². The van der Waals surface area contributed by atoms with Crippen LogP contribution in [0.2, 0.25) is 0 Å². The lowest BCUT2D eigenvalue weighted by atomic mass is 9.98. The second-order valence-corrected chi connectivity index (χ2v) is 9.93. The second-order valence-electron chi connectivity index (χ2n) is 8.46. The smallest absolute Gasteiger partial charge is 0.408 e. The molecule has 1 fully saturated rings. The van der Waals surface area contributed by atoms with E-state index in [4.69, 9.17) is 4.74 Å². The van der Waals surface area contributed by atoms with Gasteiger partial charge in [-0.25, -0.2) is 13.2 Å². The maximum atomic E-state index is 13.2. The van der Waals surface area contributed by atoms with Gasteiger partial charge in [-0.1, -0.05) is 60.7 Å². The Balaban J connectivity index is 1.74. The van der Waals surface area contributed by atoms with Crippen molar-refractivity contribution in [2.75, 3.05) is 6.54 Å². The zero-order valence-electron chi connectivity index (χ0n) is 19.3. The van der Waals surface area contributed by atoms with Crippen LogP contribution in [0.15, 0.2) is 60.7 Å². The van der Waals surface area contributed by atoms with E-state index in [1.165, 1.54) is 0 Å². The van der Waals surface area contributed by atoms with Crippen LogP contribution in [-0.2, 0) is 37.5 Å². The first-order chi connectivity index (χ1) is 17.1. The Labute approximate surface area is 209 Å². The van der Waals surface area contributed by atoms with Crippen LogP contribution in [0.4, 0.5) is 4.79 Å². The number of aliphatic hydroxyl groups excluding tert-OH is 1. The third-order valence-corrected chi connectivity index (χ3v) is 6.69. The Morgan fingerprint density at radius 3 is 2.22 bits per heavy atom. The summed E-state index contributed by atoms with van der Waals surface area (Å²) in [5.41, 5.74) is -1.06. The number of carbonyl (C=O) groups excluding carboxylic acids is 3. The minimum absolute atomic E-state index is 0.0178. The standard InChI is InChI=1S/C24H29N3O8S/c28-21-18(11-12-25-21)14-20(23(30)36(32,33)34)26-22(29)19(13-16-7-3-1-4-8-16)27-24(31)35-15-17-9-5-2-6-10-17/h1-10,18-20,23,30H,11-15H2,(H,25,28)(H,26,29)(H,27,31)(H,32,33,34)/p-1/t18-,19-,20-,23?/m0/s1. The van der Waals surface area contributed by atoms with Crippen molar-refractivity contribution in [3.8, 4) is 0 Å². The molecule has 0 saturated carbocycles. The van der Waals surface area contributed by atoms with Crippen LogP contribution in [0.3, 0.4) is 0 Å². The van der Waals surface area contributed by atoms with Gasteiger partial charge in [0.25, 0.3) is 0 Å². The Kier molecular flexibility index (Phi) is 9.39. The predicted octanol–water partition coefficient (Wildman–Crippen LogP) is 0.399. The highest BCUT2D eigenvalue weighted by Gasteiger charge is 2.35. The summed E-state index contributed by atoms with van der Waals surface area (Å²) in [5, 5.41) is 17.5. The molecule has 11 nitrogen and oxygen atoms in total. The average Bonchev–Trinajstić information content (AvgIpc) is 3.26. The predicted molar refractivity (Wildman–Crippen MR) is 127 cm³/mol. The molecule has 1 aliphatic heterocycles. The summed E-state index contributed by atoms with van der Waals surface area (Å²) < 4.78 is 39.8. The van der Waals surface area contributed by atoms with Crippen LogP contribution in [0.5, 0.6) is 0 Å². The summed E-state index contributed by atoms with van der Waals surface area (Å²) in [5.74, 6) is -1.90. The van der Waals surface area contributed by atoms with Gasteiger partial charge in [-0.15, -0.1) is 0 Å². The van der Waals surface area contributed by atoms with Crippen molar-refractivity contribution in [2.45, 2.75) is 43.4 Å². The quantitative estimate of drug-likeness (QED) is 0.309. The molecule has 194 valence electrons. The van der Waals surface area contributed by atoms with E-state index in [1.807, 2.05) is 6.07 Å². The summed E-state index contributed by atoms with van der Waals surface area (Å²) in [6.07, 6.45) is -0.784. The molecule has 3 rings (SSSR count). The van der Waals surface area contributed by atoms with Gasteiger partial charge >= 0.3 is 6.09 Å². The summed E-state index contributed by atoms with van der Waals surface area (Å²) in [6.45, 7) is 0.314. The van der Waals surface area contributed by atoms with E-state index in [-0.39, 0.29) is 25.4 Å². The molecule has 2 aromatic carbocycles. The highest BCUT2D eigenvalue weighted by Crippen LogP contribution is 2.20. The first-order valence-electron chi connectivity index (χ1n) is 11.4. The molecule has 1 heterocycles. The van der Waals surface area contributed by atoms with E-state index in [9.17, 15) is 32.5 Å². The van der Waals surface area contributed by atoms with Crippen molar-refractivity contribution in [1.29, 1.82) is 0 Å². The van der Waals surface area contributed by atoms with Crippen molar-refractivity contribution in [1.82, 2.24) is 16.0 Å². The van der Waals surface area contributed by atoms with Gasteiger partial charge in [0.2, 0.25) is 11.8 Å². The van der Waals surface area contributed by atoms with Crippen molar-refractivity contribution in [3.05, 3.63) is 71.8 Å². The van der Waals surface area contributed by atoms with Gasteiger partial charge in [0, 0.05) is 18.9 Å². The van der Waals surface area contributed by atoms with Gasteiger partial charge in [-0.3, -0.25) is 9.59 Å². The average molecular weight is 519 g/mol. The molecule has 1 saturated heterocycles. The SMILES string of the molecule is O=C(N[C@@H](Cc1ccccc1)C(=O)N[C@@H](C[C@@H]1CCNC1=O)C(O)S(=O)(=O)[O-])OCc1ccccc1. The zero-order valence-corrected chi connectivity index (χ0v) is 20.1. The van der Waals surface area contributed by atoms with Crippen LogP contribution in [-0.4, -0.2) is 60.0 Å². The topological polar surface area (TPSA) is 174 Å². The molecule has 0 bridgehead atoms. The first kappa shape index (κ1) is 27.1. The highest BCUT2D eigenvalue weighted by molar-refractivity contribution is 7.86. The van der Waals surface area contributed by atoms with Gasteiger partial charge in [-0.05, 0) is 24.0 Å². The van der Waals surface area contributed by atoms with Gasteiger partial charge in [-0.2, -0.15) is 0 Å². The maximum absolute atomic E-state index is 13.2. The maximum Gasteiger partial charge on any atom is 0.408 e. The molecule has 4 N–H and O–H groups in total. The highest BCUT2D eigenvalue weighted by atomic mass is 32.2. The summed E-state index contributed by atoms with van der Waals surface area (Å²) in [4.78, 5) is 37.6. The third-order valence-electron chi connectivity index (χ3n) is 5.77. The van der Waals surface area contributed by atoms with Gasteiger partial charge in [0.1, 0.15) is 22.8 Å². The molecule has 1 aliphatic rings. The lowest BCUT2D eigenvalue weighted by Gasteiger charge is -2.29. The van der Waals surface area contributed by atoms with E-state index in [0.29, 0.717) is 18.5 Å². The minimum Gasteiger partial charge on any atom is -0.746 e. The van der Waals surface area contributed by atoms with E-state index in [2.05, 4.69) is 16.0 Å². The Bertz CT molecular complexity index is 1140. The molecule has 12 heteroatoms. The third kappa shape index (κ3) is 8.04. The Hall–Kier alpha value is -3.48. The second kappa shape index (κ2) is 12.5. The molecule has 0 aliphatic carbocycles. The van der Waals surface area contributed by atoms with Gasteiger partial charge < -0.3 is 30.3 Å². The fourth-order valence-corrected chi connectivity index (χ4v) is 4.46. The van der Waals surface area contributed by atoms with Crippen molar-refractivity contribution < 1.29 is 37.2 Å². The number of ether oxygens (including phenoxy) is 1. The zero-order chi connectivity index (χ0) is 26.1. The summed E-state index contributed by atoms with van der Waals surface area (Å²) in [7, 11) is -5.21. The number of alkyl carbamates (subject to hydrolysis) is 1. The molecular weight excluding hydrogens is 490 g/mol. The number of amides is 3. The number of nitrogens with one attached hydrogen (secondary N) is 3. The fraction of sp³-hybridized carbons (Fsp3) is 0.375. The Morgan fingerprint density at radius 1 is 1.06 bits per heavy atom. The van der Waals surface area contributed by atoms with E-state index < -0.39 is 45.6 Å². The first-order valence-corrected chi connectivity index (χ1v) is 12.8. The van der Waals surface area contributed by atoms with Gasteiger partial charge in [0.05, 0.1) is 6.04 Å². The van der Waals surface area contributed by atoms with Crippen LogP contribution in [0.1, 0.15) is 24.0 Å². The number of hydrogen-bond donors (Lipinski definition) is 4. The normalized spacial score (nSPS) is 17.9. The fourth-order valence-electron chi connectivity index (χ4n) is 3.87. The lowest BCUT2D eigenvalue weighted by molar-refractivity contribution is -0.126. The van der Waals surface area contributed by atoms with Crippen molar-refractivity contribution >= 4 is 28.0 Å². The largest absolute Gasteiger partial charge is 0.746 e. The number of aliphatic hydroxyl groups is 1. The molecule has 36 heavy (non-hydrogen) atoms. The molecule has 4 atom stereocenters. The summed E-state index contributed by atoms with van der Waals surface area (Å²) in [6, 6.07) is 14.8. The number of benzene rings is 2. The monoisotopic (exact) mass is 518 g/mol. The van der Waals surface area contributed by atoms with Crippen LogP contribution >= 0.6 is 0 Å². The minimum atomic E-state index is -5.21.